The zero-order chi connectivity index (χ0) is 15.4. The predicted molar refractivity (Wildman–Crippen MR) is 83.9 cm³/mol. The smallest absolute Gasteiger partial charge is 0.306 e. The van der Waals surface area contributed by atoms with Crippen LogP contribution in [-0.4, -0.2) is 5.97 Å². The Morgan fingerprint density at radius 3 is 2.52 bits per heavy atom. The number of hydrogen-bond donors (Lipinski definition) is 2. The van der Waals surface area contributed by atoms with Gasteiger partial charge in [-0.15, -0.1) is 17.7 Å². The molecule has 0 aliphatic heterocycles. The number of rotatable bonds is 4. The van der Waals surface area contributed by atoms with E-state index in [0.717, 1.165) is 21.2 Å². The molecule has 0 aliphatic carbocycles. The second-order valence-electron chi connectivity index (χ2n) is 4.80. The van der Waals surface area contributed by atoms with Gasteiger partial charge in [0.05, 0.1) is 5.56 Å². The summed E-state index contributed by atoms with van der Waals surface area (Å²) in [6, 6.07) is 13.1. The third kappa shape index (κ3) is 4.07. The Bertz CT molecular complexity index is 641. The van der Waals surface area contributed by atoms with E-state index in [2.05, 4.69) is 15.9 Å². The van der Waals surface area contributed by atoms with Gasteiger partial charge in [0.2, 0.25) is 0 Å². The van der Waals surface area contributed by atoms with Gasteiger partial charge >= 0.3 is 5.97 Å². The van der Waals surface area contributed by atoms with Gasteiger partial charge in [0.1, 0.15) is 6.17 Å². The number of carbonyl (C=O) groups excluding carboxylic acids is 1. The first-order chi connectivity index (χ1) is 9.97. The van der Waals surface area contributed by atoms with E-state index in [1.807, 2.05) is 50.2 Å². The zero-order valence-electron chi connectivity index (χ0n) is 11.9. The molecule has 110 valence electrons. The minimum atomic E-state index is -0.406. The first-order valence-corrected chi connectivity index (χ1v) is 7.26. The molecule has 0 aliphatic rings. The summed E-state index contributed by atoms with van der Waals surface area (Å²) in [6.45, 7) is 3.81. The molecule has 21 heavy (non-hydrogen) atoms. The van der Waals surface area contributed by atoms with E-state index in [0.29, 0.717) is 11.7 Å². The fourth-order valence-electron chi connectivity index (χ4n) is 1.85. The van der Waals surface area contributed by atoms with Gasteiger partial charge in [-0.05, 0) is 30.0 Å². The van der Waals surface area contributed by atoms with Gasteiger partial charge in [-0.2, -0.15) is 17.6 Å². The maximum atomic E-state index is 12.1. The number of carbonyl (C=O) groups is 1. The van der Waals surface area contributed by atoms with E-state index < -0.39 is 5.97 Å². The summed E-state index contributed by atoms with van der Waals surface area (Å²) in [5, 5.41) is 0. The highest BCUT2D eigenvalue weighted by Gasteiger charge is 2.14. The average molecular weight is 349 g/mol. The van der Waals surface area contributed by atoms with Crippen molar-refractivity contribution in [3.8, 4) is 0 Å². The third-order valence-corrected chi connectivity index (χ3v) is 3.61. The molecule has 0 unspecified atom stereocenters. The van der Waals surface area contributed by atoms with Gasteiger partial charge in [-0.1, -0.05) is 33.6 Å². The largest absolute Gasteiger partial charge is 0.396 e. The Morgan fingerprint density at radius 1 is 1.19 bits per heavy atom. The molecule has 0 bridgehead atoms. The number of aryl methyl sites for hydroxylation is 2. The Morgan fingerprint density at radius 2 is 1.86 bits per heavy atom. The second kappa shape index (κ2) is 6.76. The van der Waals surface area contributed by atoms with E-state index in [9.17, 15) is 4.79 Å². The molecule has 5 heteroatoms. The van der Waals surface area contributed by atoms with Crippen molar-refractivity contribution >= 4 is 21.9 Å². The quantitative estimate of drug-likeness (QED) is 0.657. The number of benzene rings is 2. The SMILES string of the molecule is Cc1ccc(C)c(C(=O)O[NH2+][C-](N)c2ccc(Br)cc2)c1. The van der Waals surface area contributed by atoms with Crippen molar-refractivity contribution in [3.05, 3.63) is 75.4 Å². The molecular weight excluding hydrogens is 332 g/mol. The first kappa shape index (κ1) is 15.6. The van der Waals surface area contributed by atoms with Gasteiger partial charge in [-0.25, -0.2) is 4.79 Å². The van der Waals surface area contributed by atoms with E-state index in [-0.39, 0.29) is 0 Å². The number of quaternary nitrogens is 1. The van der Waals surface area contributed by atoms with Crippen molar-refractivity contribution in [2.45, 2.75) is 13.8 Å². The molecule has 0 saturated heterocycles. The number of hydrogen-bond acceptors (Lipinski definition) is 3. The van der Waals surface area contributed by atoms with E-state index in [4.69, 9.17) is 10.6 Å². The Kier molecular flexibility index (Phi) is 5.01. The van der Waals surface area contributed by atoms with Crippen LogP contribution in [0.4, 0.5) is 0 Å². The molecule has 0 spiro atoms. The van der Waals surface area contributed by atoms with E-state index >= 15 is 0 Å². The minimum absolute atomic E-state index is 0.404. The lowest BCUT2D eigenvalue weighted by molar-refractivity contribution is -0.855. The van der Waals surface area contributed by atoms with Crippen LogP contribution < -0.4 is 11.2 Å². The lowest BCUT2D eigenvalue weighted by Crippen LogP contribution is -2.88. The van der Waals surface area contributed by atoms with E-state index in [1.165, 1.54) is 5.48 Å². The van der Waals surface area contributed by atoms with Crippen LogP contribution in [0.5, 0.6) is 0 Å². The molecule has 0 atom stereocenters. The molecule has 0 aromatic heterocycles. The molecule has 0 heterocycles. The maximum absolute atomic E-state index is 12.1. The highest BCUT2D eigenvalue weighted by Crippen LogP contribution is 2.13. The van der Waals surface area contributed by atoms with Crippen molar-refractivity contribution in [1.82, 2.24) is 0 Å². The molecule has 4 nitrogen and oxygen atoms in total. The first-order valence-electron chi connectivity index (χ1n) is 6.47. The maximum Gasteiger partial charge on any atom is 0.396 e. The fraction of sp³-hybridized carbons (Fsp3) is 0.125. The van der Waals surface area contributed by atoms with Crippen LogP contribution >= 0.6 is 15.9 Å². The summed E-state index contributed by atoms with van der Waals surface area (Å²) in [7, 11) is 0. The summed E-state index contributed by atoms with van der Waals surface area (Å²) in [4.78, 5) is 17.3. The fourth-order valence-corrected chi connectivity index (χ4v) is 2.11. The van der Waals surface area contributed by atoms with Crippen molar-refractivity contribution in [2.75, 3.05) is 0 Å². The van der Waals surface area contributed by atoms with Crippen LogP contribution in [0.1, 0.15) is 27.0 Å². The summed E-state index contributed by atoms with van der Waals surface area (Å²) in [5.74, 6) is -0.406. The molecule has 4 N–H and O–H groups in total. The van der Waals surface area contributed by atoms with Crippen LogP contribution in [0.15, 0.2) is 46.9 Å². The number of hydroxylamine groups is 1. The highest BCUT2D eigenvalue weighted by atomic mass is 79.9. The molecule has 2 aromatic rings. The second-order valence-corrected chi connectivity index (χ2v) is 5.72. The van der Waals surface area contributed by atoms with Crippen molar-refractivity contribution in [1.29, 1.82) is 0 Å². The number of nitrogens with two attached hydrogens (primary N) is 2. The van der Waals surface area contributed by atoms with Gasteiger partial charge in [0, 0.05) is 0 Å². The molecule has 2 rings (SSSR count). The minimum Gasteiger partial charge on any atom is -0.306 e. The standard InChI is InChI=1S/C16H17BrN2O2/c1-10-3-4-11(2)14(9-10)16(20)21-19-15(18)12-5-7-13(17)8-6-12/h3-9H,18-19H2,1-2H3. The normalized spacial score (nSPS) is 10.3. The summed E-state index contributed by atoms with van der Waals surface area (Å²) in [6.07, 6.45) is 0.404. The summed E-state index contributed by atoms with van der Waals surface area (Å²) in [5.41, 5.74) is 10.4. The molecular formula is C16H17BrN2O2. The molecule has 0 saturated carbocycles. The zero-order valence-corrected chi connectivity index (χ0v) is 13.5. The third-order valence-electron chi connectivity index (χ3n) is 3.08. The van der Waals surface area contributed by atoms with Crippen LogP contribution in [0.25, 0.3) is 0 Å². The number of halogens is 1. The van der Waals surface area contributed by atoms with Gasteiger partial charge in [0.25, 0.3) is 0 Å². The molecule has 0 fully saturated rings. The lowest BCUT2D eigenvalue weighted by Gasteiger charge is -2.16. The predicted octanol–water partition coefficient (Wildman–Crippen LogP) is 2.20. The monoisotopic (exact) mass is 348 g/mol. The Labute approximate surface area is 132 Å². The Balaban J connectivity index is 2.00. The van der Waals surface area contributed by atoms with Crippen LogP contribution in [0, 0.1) is 20.0 Å². The Hall–Kier alpha value is -1.82. The lowest BCUT2D eigenvalue weighted by atomic mass is 10.1. The van der Waals surface area contributed by atoms with Crippen LogP contribution in [0.2, 0.25) is 0 Å². The molecule has 2 aromatic carbocycles. The van der Waals surface area contributed by atoms with Crippen molar-refractivity contribution in [3.63, 3.8) is 0 Å². The van der Waals surface area contributed by atoms with Gasteiger partial charge in [0.15, 0.2) is 0 Å². The molecule has 0 radical (unpaired) electrons. The topological polar surface area (TPSA) is 68.9 Å². The van der Waals surface area contributed by atoms with Crippen LogP contribution in [-0.2, 0) is 4.84 Å². The van der Waals surface area contributed by atoms with Crippen molar-refractivity contribution < 1.29 is 15.1 Å². The summed E-state index contributed by atoms with van der Waals surface area (Å²) < 4.78 is 0.964. The average Bonchev–Trinajstić information content (AvgIpc) is 2.47. The van der Waals surface area contributed by atoms with Gasteiger partial charge < -0.3 is 5.73 Å². The van der Waals surface area contributed by atoms with Gasteiger partial charge in [-0.3, -0.25) is 4.84 Å². The van der Waals surface area contributed by atoms with E-state index in [1.54, 1.807) is 6.07 Å². The molecule has 0 amide bonds. The summed E-state index contributed by atoms with van der Waals surface area (Å²) >= 11 is 3.36. The highest BCUT2D eigenvalue weighted by molar-refractivity contribution is 9.10. The van der Waals surface area contributed by atoms with Crippen molar-refractivity contribution in [2.24, 2.45) is 5.73 Å². The van der Waals surface area contributed by atoms with Crippen LogP contribution in [0.3, 0.4) is 0 Å².